The molecular weight excluding hydrogens is 228 g/mol. The first-order valence-electron chi connectivity index (χ1n) is 6.73. The van der Waals surface area contributed by atoms with Crippen molar-refractivity contribution < 1.29 is 8.85 Å². The molecule has 0 bridgehead atoms. The van der Waals surface area contributed by atoms with Gasteiger partial charge >= 0.3 is 8.56 Å². The fourth-order valence-corrected chi connectivity index (χ4v) is 7.64. The van der Waals surface area contributed by atoms with Gasteiger partial charge in [-0.3, -0.25) is 0 Å². The molecule has 0 aliphatic heterocycles. The van der Waals surface area contributed by atoms with Crippen LogP contribution in [-0.4, -0.2) is 22.8 Å². The minimum atomic E-state index is -2.04. The van der Waals surface area contributed by atoms with E-state index in [4.69, 9.17) is 8.85 Å². The molecule has 96 valence electrons. The second kappa shape index (κ2) is 5.98. The topological polar surface area (TPSA) is 18.5 Å². The number of rotatable bonds is 4. The summed E-state index contributed by atoms with van der Waals surface area (Å²) in [5.41, 5.74) is 1.28. The zero-order valence-corrected chi connectivity index (χ0v) is 12.0. The average Bonchev–Trinajstić information content (AvgIpc) is 2.43. The van der Waals surface area contributed by atoms with Gasteiger partial charge in [0.15, 0.2) is 0 Å². The molecule has 2 atom stereocenters. The van der Waals surface area contributed by atoms with Gasteiger partial charge in [0.05, 0.1) is 0 Å². The van der Waals surface area contributed by atoms with Gasteiger partial charge in [-0.25, -0.2) is 0 Å². The molecule has 0 amide bonds. The molecule has 0 aromatic heterocycles. The lowest BCUT2D eigenvalue weighted by atomic mass is 10.1. The standard InChI is InChI=1S/C14H24O2Si/c1-15-17(16-2,13-9-5-3-6-10-13)14-11-7-4-8-12-14/h3-5,7,13-14H,6,8-12H2,1-2H3. The van der Waals surface area contributed by atoms with Gasteiger partial charge < -0.3 is 8.85 Å². The monoisotopic (exact) mass is 252 g/mol. The van der Waals surface area contributed by atoms with Crippen molar-refractivity contribution >= 4 is 8.56 Å². The summed E-state index contributed by atoms with van der Waals surface area (Å²) >= 11 is 0. The Morgan fingerprint density at radius 1 is 0.824 bits per heavy atom. The molecule has 2 unspecified atom stereocenters. The van der Waals surface area contributed by atoms with E-state index in [0.29, 0.717) is 11.1 Å². The molecule has 17 heavy (non-hydrogen) atoms. The lowest BCUT2D eigenvalue weighted by Crippen LogP contribution is -2.50. The molecule has 0 saturated carbocycles. The number of hydrogen-bond donors (Lipinski definition) is 0. The molecule has 0 N–H and O–H groups in total. The van der Waals surface area contributed by atoms with E-state index in [0.717, 1.165) is 12.8 Å². The third kappa shape index (κ3) is 2.56. The Hall–Kier alpha value is -0.383. The van der Waals surface area contributed by atoms with Gasteiger partial charge in [-0.15, -0.1) is 0 Å². The summed E-state index contributed by atoms with van der Waals surface area (Å²) < 4.78 is 12.0. The highest BCUT2D eigenvalue weighted by Gasteiger charge is 2.50. The highest BCUT2D eigenvalue weighted by Crippen LogP contribution is 2.46. The first-order chi connectivity index (χ1) is 8.33. The Labute approximate surface area is 106 Å². The molecule has 3 heteroatoms. The van der Waals surface area contributed by atoms with Gasteiger partial charge in [-0.05, 0) is 38.5 Å². The van der Waals surface area contributed by atoms with Crippen molar-refractivity contribution in [3.05, 3.63) is 24.3 Å². The fraction of sp³-hybridized carbons (Fsp3) is 0.714. The smallest absolute Gasteiger partial charge is 0.344 e. The third-order valence-corrected chi connectivity index (χ3v) is 8.92. The van der Waals surface area contributed by atoms with Crippen LogP contribution in [0, 0.1) is 0 Å². The molecule has 0 heterocycles. The maximum absolute atomic E-state index is 6.01. The third-order valence-electron chi connectivity index (χ3n) is 4.31. The van der Waals surface area contributed by atoms with Crippen LogP contribution in [0.3, 0.4) is 0 Å². The van der Waals surface area contributed by atoms with Crippen LogP contribution in [0.25, 0.3) is 0 Å². The molecule has 0 aromatic rings. The summed E-state index contributed by atoms with van der Waals surface area (Å²) in [7, 11) is 1.69. The lowest BCUT2D eigenvalue weighted by Gasteiger charge is -2.42. The predicted molar refractivity (Wildman–Crippen MR) is 73.3 cm³/mol. The van der Waals surface area contributed by atoms with Crippen LogP contribution in [0.15, 0.2) is 24.3 Å². The lowest BCUT2D eigenvalue weighted by molar-refractivity contribution is 0.208. The summed E-state index contributed by atoms with van der Waals surface area (Å²) in [5.74, 6) is 0. The Morgan fingerprint density at radius 2 is 1.29 bits per heavy atom. The number of hydrogen-bond acceptors (Lipinski definition) is 2. The van der Waals surface area contributed by atoms with Crippen molar-refractivity contribution in [3.63, 3.8) is 0 Å². The Morgan fingerprint density at radius 3 is 1.59 bits per heavy atom. The minimum absolute atomic E-state index is 0.638. The summed E-state index contributed by atoms with van der Waals surface area (Å²) in [4.78, 5) is 0. The van der Waals surface area contributed by atoms with Gasteiger partial charge in [0.25, 0.3) is 0 Å². The summed E-state index contributed by atoms with van der Waals surface area (Å²) in [5, 5.41) is 0. The van der Waals surface area contributed by atoms with Crippen molar-refractivity contribution in [3.8, 4) is 0 Å². The predicted octanol–water partition coefficient (Wildman–Crippen LogP) is 3.94. The molecular formula is C14H24O2Si. The quantitative estimate of drug-likeness (QED) is 0.557. The molecule has 2 nitrogen and oxygen atoms in total. The maximum atomic E-state index is 6.01. The van der Waals surface area contributed by atoms with Crippen LogP contribution in [0.5, 0.6) is 0 Å². The van der Waals surface area contributed by atoms with Gasteiger partial charge in [-0.2, -0.15) is 0 Å². The largest absolute Gasteiger partial charge is 0.397 e. The Bertz CT molecular complexity index is 269. The van der Waals surface area contributed by atoms with Crippen LogP contribution < -0.4 is 0 Å². The van der Waals surface area contributed by atoms with Crippen LogP contribution in [0.4, 0.5) is 0 Å². The van der Waals surface area contributed by atoms with Crippen molar-refractivity contribution in [2.75, 3.05) is 14.2 Å². The molecule has 2 aliphatic rings. The summed E-state index contributed by atoms with van der Waals surface area (Å²) in [6, 6.07) is 0. The van der Waals surface area contributed by atoms with E-state index in [1.54, 1.807) is 0 Å². The molecule has 0 saturated heterocycles. The molecule has 0 aromatic carbocycles. The van der Waals surface area contributed by atoms with E-state index in [9.17, 15) is 0 Å². The van der Waals surface area contributed by atoms with E-state index in [1.165, 1.54) is 25.7 Å². The van der Waals surface area contributed by atoms with Gasteiger partial charge in [0, 0.05) is 25.3 Å². The Balaban J connectivity index is 2.17. The van der Waals surface area contributed by atoms with Crippen molar-refractivity contribution in [2.24, 2.45) is 0 Å². The van der Waals surface area contributed by atoms with E-state index in [-0.39, 0.29) is 0 Å². The summed E-state index contributed by atoms with van der Waals surface area (Å²) in [6.07, 6.45) is 16.4. The van der Waals surface area contributed by atoms with Crippen LogP contribution in [0.1, 0.15) is 38.5 Å². The van der Waals surface area contributed by atoms with Crippen LogP contribution in [0.2, 0.25) is 11.1 Å². The second-order valence-corrected chi connectivity index (χ2v) is 8.98. The van der Waals surface area contributed by atoms with E-state index < -0.39 is 8.56 Å². The second-order valence-electron chi connectivity index (χ2n) is 5.09. The molecule has 0 spiro atoms. The highest BCUT2D eigenvalue weighted by atomic mass is 28.4. The first kappa shape index (κ1) is 13.1. The van der Waals surface area contributed by atoms with Gasteiger partial charge in [0.1, 0.15) is 0 Å². The molecule has 2 aliphatic carbocycles. The van der Waals surface area contributed by atoms with Crippen LogP contribution >= 0.6 is 0 Å². The van der Waals surface area contributed by atoms with Crippen LogP contribution in [-0.2, 0) is 8.85 Å². The number of allylic oxidation sites excluding steroid dienone is 4. The SMILES string of the molecule is CO[Si](OC)(C1CC=CCC1)C1CC=CCC1. The minimum Gasteiger partial charge on any atom is -0.397 e. The zero-order chi connectivity index (χ0) is 12.1. The molecule has 0 fully saturated rings. The zero-order valence-electron chi connectivity index (χ0n) is 11.0. The highest BCUT2D eigenvalue weighted by molar-refractivity contribution is 6.70. The van der Waals surface area contributed by atoms with Gasteiger partial charge in [0.2, 0.25) is 0 Å². The molecule has 2 rings (SSSR count). The average molecular weight is 252 g/mol. The van der Waals surface area contributed by atoms with E-state index in [2.05, 4.69) is 24.3 Å². The maximum Gasteiger partial charge on any atom is 0.344 e. The van der Waals surface area contributed by atoms with Crippen molar-refractivity contribution in [1.29, 1.82) is 0 Å². The molecule has 0 radical (unpaired) electrons. The van der Waals surface area contributed by atoms with Crippen molar-refractivity contribution in [1.82, 2.24) is 0 Å². The van der Waals surface area contributed by atoms with E-state index in [1.807, 2.05) is 14.2 Å². The van der Waals surface area contributed by atoms with Gasteiger partial charge in [-0.1, -0.05) is 24.3 Å². The first-order valence-corrected chi connectivity index (χ1v) is 8.71. The van der Waals surface area contributed by atoms with E-state index >= 15 is 0 Å². The Kier molecular flexibility index (Phi) is 4.60. The fourth-order valence-electron chi connectivity index (χ4n) is 3.40. The normalized spacial score (nSPS) is 29.5. The summed E-state index contributed by atoms with van der Waals surface area (Å²) in [6.45, 7) is 0. The van der Waals surface area contributed by atoms with Crippen molar-refractivity contribution in [2.45, 2.75) is 49.6 Å².